The Morgan fingerprint density at radius 2 is 2.17 bits per heavy atom. The van der Waals surface area contributed by atoms with E-state index in [1.807, 2.05) is 32.9 Å². The Balaban J connectivity index is 2.44. The van der Waals surface area contributed by atoms with Gasteiger partial charge in [0.1, 0.15) is 10.6 Å². The van der Waals surface area contributed by atoms with Crippen LogP contribution >= 0.6 is 11.3 Å². The fraction of sp³-hybridized carbons (Fsp3) is 0.385. The predicted octanol–water partition coefficient (Wildman–Crippen LogP) is 2.71. The van der Waals surface area contributed by atoms with Crippen LogP contribution in [0, 0.1) is 0 Å². The van der Waals surface area contributed by atoms with Crippen molar-refractivity contribution in [1.82, 2.24) is 4.98 Å². The van der Waals surface area contributed by atoms with Crippen LogP contribution in [0.3, 0.4) is 0 Å². The van der Waals surface area contributed by atoms with Crippen LogP contribution in [0.5, 0.6) is 0 Å². The number of rotatable bonds is 2. The fourth-order valence-electron chi connectivity index (χ4n) is 1.58. The molecule has 0 fully saturated rings. The van der Waals surface area contributed by atoms with Crippen molar-refractivity contribution in [3.63, 3.8) is 0 Å². The molecule has 1 aromatic carbocycles. The molecule has 2 aromatic rings. The summed E-state index contributed by atoms with van der Waals surface area (Å²) in [5.41, 5.74) is 6.24. The first-order valence-electron chi connectivity index (χ1n) is 5.72. The number of carbonyl (C=O) groups is 1. The van der Waals surface area contributed by atoms with Crippen molar-refractivity contribution >= 4 is 27.5 Å². The molecule has 0 amide bonds. The van der Waals surface area contributed by atoms with Crippen LogP contribution in [0.25, 0.3) is 10.2 Å². The highest BCUT2D eigenvalue weighted by Crippen LogP contribution is 2.26. The predicted molar refractivity (Wildman–Crippen MR) is 72.7 cm³/mol. The van der Waals surface area contributed by atoms with Crippen molar-refractivity contribution in [2.24, 2.45) is 5.73 Å². The molecule has 0 radical (unpaired) electrons. The van der Waals surface area contributed by atoms with Crippen molar-refractivity contribution in [3.8, 4) is 0 Å². The van der Waals surface area contributed by atoms with E-state index in [4.69, 9.17) is 10.5 Å². The van der Waals surface area contributed by atoms with Gasteiger partial charge in [0.05, 0.1) is 15.8 Å². The number of carbonyl (C=O) groups excluding carboxylic acids is 1. The van der Waals surface area contributed by atoms with Crippen LogP contribution in [0.4, 0.5) is 0 Å². The average Bonchev–Trinajstić information content (AvgIpc) is 2.68. The molecule has 0 atom stereocenters. The molecule has 1 heterocycles. The number of aromatic nitrogens is 1. The maximum Gasteiger partial charge on any atom is 0.340 e. The Kier molecular flexibility index (Phi) is 3.36. The van der Waals surface area contributed by atoms with Gasteiger partial charge in [0.15, 0.2) is 0 Å². The van der Waals surface area contributed by atoms with E-state index in [0.717, 1.165) is 9.71 Å². The lowest BCUT2D eigenvalue weighted by molar-refractivity contribution is 0.00717. The molecule has 5 heteroatoms. The molecule has 96 valence electrons. The summed E-state index contributed by atoms with van der Waals surface area (Å²) in [5, 5.41) is 0.820. The lowest BCUT2D eigenvalue weighted by atomic mass is 10.1. The number of para-hydroxylation sites is 1. The van der Waals surface area contributed by atoms with Crippen molar-refractivity contribution in [2.45, 2.75) is 32.9 Å². The molecule has 1 aromatic heterocycles. The van der Waals surface area contributed by atoms with E-state index in [1.54, 1.807) is 6.07 Å². The maximum absolute atomic E-state index is 12.1. The zero-order valence-electron chi connectivity index (χ0n) is 10.7. The van der Waals surface area contributed by atoms with Crippen LogP contribution in [0.1, 0.15) is 36.1 Å². The first-order chi connectivity index (χ1) is 8.40. The van der Waals surface area contributed by atoms with E-state index in [9.17, 15) is 4.79 Å². The zero-order chi connectivity index (χ0) is 13.3. The monoisotopic (exact) mass is 264 g/mol. The van der Waals surface area contributed by atoms with E-state index >= 15 is 0 Å². The molecule has 0 bridgehead atoms. The molecule has 0 spiro atoms. The first kappa shape index (κ1) is 13.0. The Labute approximate surface area is 110 Å². The highest BCUT2D eigenvalue weighted by molar-refractivity contribution is 7.18. The molecule has 0 aliphatic heterocycles. The molecular weight excluding hydrogens is 248 g/mol. The molecule has 18 heavy (non-hydrogen) atoms. The van der Waals surface area contributed by atoms with Gasteiger partial charge < -0.3 is 10.5 Å². The number of hydrogen-bond acceptors (Lipinski definition) is 5. The molecule has 0 saturated heterocycles. The van der Waals surface area contributed by atoms with Crippen molar-refractivity contribution in [3.05, 3.63) is 28.8 Å². The number of fused-ring (bicyclic) bond motifs is 1. The van der Waals surface area contributed by atoms with E-state index < -0.39 is 5.60 Å². The number of nitrogens with zero attached hydrogens (tertiary/aromatic N) is 1. The van der Waals surface area contributed by atoms with Gasteiger partial charge >= 0.3 is 5.97 Å². The summed E-state index contributed by atoms with van der Waals surface area (Å²) in [6, 6.07) is 5.50. The normalized spacial score (nSPS) is 11.8. The number of benzene rings is 1. The molecular formula is C13H16N2O2S. The Morgan fingerprint density at radius 3 is 2.78 bits per heavy atom. The quantitative estimate of drug-likeness (QED) is 0.847. The minimum atomic E-state index is -0.508. The van der Waals surface area contributed by atoms with Crippen molar-refractivity contribution < 1.29 is 9.53 Å². The van der Waals surface area contributed by atoms with E-state index in [-0.39, 0.29) is 5.97 Å². The summed E-state index contributed by atoms with van der Waals surface area (Å²) in [6.45, 7) is 5.92. The Bertz CT molecular complexity index is 584. The number of esters is 1. The molecule has 0 saturated carbocycles. The number of hydrogen-bond donors (Lipinski definition) is 1. The van der Waals surface area contributed by atoms with Gasteiger partial charge in [-0.1, -0.05) is 6.07 Å². The highest BCUT2D eigenvalue weighted by atomic mass is 32.1. The minimum absolute atomic E-state index is 0.345. The molecule has 0 aliphatic rings. The summed E-state index contributed by atoms with van der Waals surface area (Å²) in [4.78, 5) is 16.5. The second-order valence-corrected chi connectivity index (χ2v) is 6.08. The standard InChI is InChI=1S/C13H16N2O2S/c1-13(2,3)17-12(16)8-5-4-6-9-11(8)15-10(7-14)18-9/h4-6H,7,14H2,1-3H3. The fourth-order valence-corrected chi connectivity index (χ4v) is 2.45. The van der Waals surface area contributed by atoms with Gasteiger partial charge in [0.25, 0.3) is 0 Å². The summed E-state index contributed by atoms with van der Waals surface area (Å²) in [6.07, 6.45) is 0. The second-order valence-electron chi connectivity index (χ2n) is 4.97. The molecule has 2 rings (SSSR count). The lowest BCUT2D eigenvalue weighted by Crippen LogP contribution is -2.24. The Morgan fingerprint density at radius 1 is 1.44 bits per heavy atom. The molecule has 4 nitrogen and oxygen atoms in total. The van der Waals surface area contributed by atoms with Gasteiger partial charge in [-0.25, -0.2) is 9.78 Å². The smallest absolute Gasteiger partial charge is 0.340 e. The van der Waals surface area contributed by atoms with Crippen LogP contribution in [-0.4, -0.2) is 16.6 Å². The van der Waals surface area contributed by atoms with E-state index in [0.29, 0.717) is 17.6 Å². The van der Waals surface area contributed by atoms with Gasteiger partial charge in [-0.05, 0) is 32.9 Å². The maximum atomic E-state index is 12.1. The van der Waals surface area contributed by atoms with Crippen molar-refractivity contribution in [1.29, 1.82) is 0 Å². The summed E-state index contributed by atoms with van der Waals surface area (Å²) in [7, 11) is 0. The summed E-state index contributed by atoms with van der Waals surface area (Å²) >= 11 is 1.50. The van der Waals surface area contributed by atoms with Crippen LogP contribution < -0.4 is 5.73 Å². The van der Waals surface area contributed by atoms with Gasteiger partial charge in [-0.3, -0.25) is 0 Å². The third kappa shape index (κ3) is 2.68. The average molecular weight is 264 g/mol. The van der Waals surface area contributed by atoms with Crippen LogP contribution in [0.15, 0.2) is 18.2 Å². The van der Waals surface area contributed by atoms with Gasteiger partial charge in [0, 0.05) is 6.54 Å². The number of thiazole rings is 1. The third-order valence-corrected chi connectivity index (χ3v) is 3.30. The van der Waals surface area contributed by atoms with E-state index in [1.165, 1.54) is 11.3 Å². The SMILES string of the molecule is CC(C)(C)OC(=O)c1cccc2sc(CN)nc12. The van der Waals surface area contributed by atoms with E-state index in [2.05, 4.69) is 4.98 Å². The summed E-state index contributed by atoms with van der Waals surface area (Å²) < 4.78 is 6.33. The van der Waals surface area contributed by atoms with Crippen molar-refractivity contribution in [2.75, 3.05) is 0 Å². The van der Waals surface area contributed by atoms with Crippen LogP contribution in [0.2, 0.25) is 0 Å². The Hall–Kier alpha value is -1.46. The van der Waals surface area contributed by atoms with Gasteiger partial charge in [0.2, 0.25) is 0 Å². The number of ether oxygens (including phenoxy) is 1. The third-order valence-electron chi connectivity index (χ3n) is 2.26. The lowest BCUT2D eigenvalue weighted by Gasteiger charge is -2.19. The van der Waals surface area contributed by atoms with Crippen LogP contribution in [-0.2, 0) is 11.3 Å². The zero-order valence-corrected chi connectivity index (χ0v) is 11.5. The highest BCUT2D eigenvalue weighted by Gasteiger charge is 2.20. The topological polar surface area (TPSA) is 65.2 Å². The largest absolute Gasteiger partial charge is 0.456 e. The molecule has 0 aliphatic carbocycles. The van der Waals surface area contributed by atoms with Gasteiger partial charge in [-0.2, -0.15) is 0 Å². The summed E-state index contributed by atoms with van der Waals surface area (Å²) in [5.74, 6) is -0.345. The first-order valence-corrected chi connectivity index (χ1v) is 6.54. The van der Waals surface area contributed by atoms with Gasteiger partial charge in [-0.15, -0.1) is 11.3 Å². The minimum Gasteiger partial charge on any atom is -0.456 e. The number of nitrogens with two attached hydrogens (primary N) is 1. The molecule has 0 unspecified atom stereocenters. The second kappa shape index (κ2) is 4.66. The molecule has 2 N–H and O–H groups in total.